The smallest absolute Gasteiger partial charge is 0.336 e. The van der Waals surface area contributed by atoms with Gasteiger partial charge in [0.25, 0.3) is 5.91 Å². The van der Waals surface area contributed by atoms with Crippen molar-refractivity contribution < 1.29 is 13.9 Å². The van der Waals surface area contributed by atoms with Gasteiger partial charge in [0.1, 0.15) is 11.3 Å². The fourth-order valence-electron chi connectivity index (χ4n) is 2.32. The van der Waals surface area contributed by atoms with E-state index in [0.29, 0.717) is 16.3 Å². The van der Waals surface area contributed by atoms with Crippen LogP contribution in [0.4, 0.5) is 5.69 Å². The van der Waals surface area contributed by atoms with Gasteiger partial charge >= 0.3 is 5.63 Å². The van der Waals surface area contributed by atoms with E-state index in [9.17, 15) is 9.59 Å². The average Bonchev–Trinajstić information content (AvgIpc) is 2.56. The maximum Gasteiger partial charge on any atom is 0.336 e. The molecule has 0 aliphatic carbocycles. The number of anilines is 1. The van der Waals surface area contributed by atoms with Crippen LogP contribution in [0, 0.1) is 10.5 Å². The molecule has 0 saturated carbocycles. The zero-order chi connectivity index (χ0) is 18.0. The van der Waals surface area contributed by atoms with Crippen molar-refractivity contribution in [3.63, 3.8) is 0 Å². The van der Waals surface area contributed by atoms with Crippen molar-refractivity contribution >= 4 is 56.8 Å². The number of para-hydroxylation sites is 1. The molecule has 0 spiro atoms. The number of benzene rings is 2. The molecule has 0 radical (unpaired) electrons. The van der Waals surface area contributed by atoms with Gasteiger partial charge in [0.15, 0.2) is 6.61 Å². The summed E-state index contributed by atoms with van der Waals surface area (Å²) in [4.78, 5) is 23.6. The molecule has 0 aliphatic heterocycles. The number of hydrogen-bond acceptors (Lipinski definition) is 4. The Labute approximate surface area is 162 Å². The van der Waals surface area contributed by atoms with Gasteiger partial charge in [-0.3, -0.25) is 4.79 Å². The highest BCUT2D eigenvalue weighted by molar-refractivity contribution is 14.1. The molecule has 3 aromatic rings. The first kappa shape index (κ1) is 17.8. The van der Waals surface area contributed by atoms with Crippen LogP contribution >= 0.6 is 34.2 Å². The number of carbonyl (C=O) groups is 1. The van der Waals surface area contributed by atoms with Crippen LogP contribution in [-0.4, -0.2) is 12.5 Å². The van der Waals surface area contributed by atoms with E-state index in [1.807, 2.05) is 18.2 Å². The molecule has 1 aromatic heterocycles. The number of fused-ring (bicyclic) bond motifs is 1. The van der Waals surface area contributed by atoms with Crippen LogP contribution in [0.2, 0.25) is 5.02 Å². The molecular weight excluding hydrogens is 457 g/mol. The average molecular weight is 470 g/mol. The van der Waals surface area contributed by atoms with Gasteiger partial charge in [-0.25, -0.2) is 4.79 Å². The Hall–Kier alpha value is -2.06. The largest absolute Gasteiger partial charge is 0.482 e. The predicted molar refractivity (Wildman–Crippen MR) is 106 cm³/mol. The molecule has 0 atom stereocenters. The lowest BCUT2D eigenvalue weighted by Gasteiger charge is -2.11. The first-order valence-corrected chi connectivity index (χ1v) is 8.81. The fourth-order valence-corrected chi connectivity index (χ4v) is 3.06. The van der Waals surface area contributed by atoms with Crippen molar-refractivity contribution in [1.82, 2.24) is 0 Å². The number of aryl methyl sites for hydroxylation is 1. The van der Waals surface area contributed by atoms with Crippen LogP contribution in [-0.2, 0) is 4.79 Å². The number of carbonyl (C=O) groups excluding carboxylic acids is 1. The standard InChI is InChI=1S/C18H13ClINO4/c1-10-6-18(23)25-15-8-16(12(19)7-11(10)15)24-9-17(22)21-14-5-3-2-4-13(14)20/h2-8H,9H2,1H3,(H,21,22). The summed E-state index contributed by atoms with van der Waals surface area (Å²) < 4.78 is 11.6. The van der Waals surface area contributed by atoms with Crippen LogP contribution in [0.5, 0.6) is 5.75 Å². The van der Waals surface area contributed by atoms with E-state index >= 15 is 0 Å². The minimum atomic E-state index is -0.449. The molecule has 7 heteroatoms. The zero-order valence-corrected chi connectivity index (χ0v) is 16.1. The van der Waals surface area contributed by atoms with E-state index in [2.05, 4.69) is 27.9 Å². The van der Waals surface area contributed by atoms with Gasteiger partial charge in [-0.05, 0) is 53.3 Å². The van der Waals surface area contributed by atoms with Crippen LogP contribution < -0.4 is 15.7 Å². The third-order valence-corrected chi connectivity index (χ3v) is 4.75. The van der Waals surface area contributed by atoms with E-state index in [1.165, 1.54) is 12.1 Å². The number of amides is 1. The summed E-state index contributed by atoms with van der Waals surface area (Å²) in [6.07, 6.45) is 0. The summed E-state index contributed by atoms with van der Waals surface area (Å²) in [5.74, 6) is -0.0354. The minimum absolute atomic E-state index is 0.216. The normalized spacial score (nSPS) is 10.7. The lowest BCUT2D eigenvalue weighted by Crippen LogP contribution is -2.20. The first-order valence-electron chi connectivity index (χ1n) is 7.35. The lowest BCUT2D eigenvalue weighted by molar-refractivity contribution is -0.118. The number of halogens is 2. The van der Waals surface area contributed by atoms with Crippen molar-refractivity contribution in [2.75, 3.05) is 11.9 Å². The van der Waals surface area contributed by atoms with Crippen molar-refractivity contribution in [1.29, 1.82) is 0 Å². The summed E-state index contributed by atoms with van der Waals surface area (Å²) in [5, 5.41) is 3.83. The second-order valence-corrected chi connectivity index (χ2v) is 6.91. The van der Waals surface area contributed by atoms with E-state index in [4.69, 9.17) is 20.8 Å². The molecule has 3 rings (SSSR count). The molecule has 0 bridgehead atoms. The molecule has 0 saturated heterocycles. The maximum absolute atomic E-state index is 12.1. The van der Waals surface area contributed by atoms with Crippen molar-refractivity contribution in [3.8, 4) is 5.75 Å². The van der Waals surface area contributed by atoms with Crippen LogP contribution in [0.1, 0.15) is 5.56 Å². The van der Waals surface area contributed by atoms with Gasteiger partial charge in [0.2, 0.25) is 0 Å². The van der Waals surface area contributed by atoms with E-state index in [1.54, 1.807) is 19.1 Å². The van der Waals surface area contributed by atoms with Crippen molar-refractivity contribution in [3.05, 3.63) is 67.0 Å². The van der Waals surface area contributed by atoms with Crippen LogP contribution in [0.15, 0.2) is 51.7 Å². The molecular formula is C18H13ClINO4. The van der Waals surface area contributed by atoms with E-state index < -0.39 is 5.63 Å². The highest BCUT2D eigenvalue weighted by Gasteiger charge is 2.11. The highest BCUT2D eigenvalue weighted by atomic mass is 127. The molecule has 0 fully saturated rings. The van der Waals surface area contributed by atoms with Gasteiger partial charge in [-0.2, -0.15) is 0 Å². The minimum Gasteiger partial charge on any atom is -0.482 e. The number of rotatable bonds is 4. The van der Waals surface area contributed by atoms with Gasteiger partial charge in [-0.1, -0.05) is 23.7 Å². The number of hydrogen-bond donors (Lipinski definition) is 1. The summed E-state index contributed by atoms with van der Waals surface area (Å²) in [7, 11) is 0. The summed E-state index contributed by atoms with van der Waals surface area (Å²) in [6, 6.07) is 12.0. The summed E-state index contributed by atoms with van der Waals surface area (Å²) >= 11 is 8.34. The molecule has 1 heterocycles. The number of nitrogens with one attached hydrogen (secondary N) is 1. The SMILES string of the molecule is Cc1cc(=O)oc2cc(OCC(=O)Nc3ccccc3I)c(Cl)cc12. The maximum atomic E-state index is 12.1. The molecule has 0 aliphatic rings. The lowest BCUT2D eigenvalue weighted by atomic mass is 10.1. The van der Waals surface area contributed by atoms with Gasteiger partial charge in [-0.15, -0.1) is 0 Å². The molecule has 0 unspecified atom stereocenters. The second kappa shape index (κ2) is 7.45. The fraction of sp³-hybridized carbons (Fsp3) is 0.111. The van der Waals surface area contributed by atoms with Gasteiger partial charge in [0.05, 0.1) is 10.7 Å². The zero-order valence-electron chi connectivity index (χ0n) is 13.1. The third kappa shape index (κ3) is 4.13. The molecule has 5 nitrogen and oxygen atoms in total. The molecule has 25 heavy (non-hydrogen) atoms. The Balaban J connectivity index is 1.77. The number of ether oxygens (including phenoxy) is 1. The Morgan fingerprint density at radius 2 is 2.04 bits per heavy atom. The third-order valence-electron chi connectivity index (χ3n) is 3.51. The predicted octanol–water partition coefficient (Wildman–Crippen LogP) is 4.38. The first-order chi connectivity index (χ1) is 11.9. The topological polar surface area (TPSA) is 68.5 Å². The molecule has 128 valence electrons. The molecule has 2 aromatic carbocycles. The summed E-state index contributed by atoms with van der Waals surface area (Å²) in [5.41, 5.74) is 1.39. The monoisotopic (exact) mass is 469 g/mol. The summed E-state index contributed by atoms with van der Waals surface area (Å²) in [6.45, 7) is 1.58. The van der Waals surface area contributed by atoms with E-state index in [0.717, 1.165) is 14.5 Å². The van der Waals surface area contributed by atoms with E-state index in [-0.39, 0.29) is 18.3 Å². The quantitative estimate of drug-likeness (QED) is 0.455. The van der Waals surface area contributed by atoms with Crippen molar-refractivity contribution in [2.24, 2.45) is 0 Å². The van der Waals surface area contributed by atoms with Crippen molar-refractivity contribution in [2.45, 2.75) is 6.92 Å². The van der Waals surface area contributed by atoms with Gasteiger partial charge in [0, 0.05) is 21.1 Å². The molecule has 1 amide bonds. The van der Waals surface area contributed by atoms with Crippen LogP contribution in [0.3, 0.4) is 0 Å². The molecule has 1 N–H and O–H groups in total. The van der Waals surface area contributed by atoms with Crippen LogP contribution in [0.25, 0.3) is 11.0 Å². The Morgan fingerprint density at radius 1 is 1.28 bits per heavy atom. The second-order valence-electron chi connectivity index (χ2n) is 5.34. The highest BCUT2D eigenvalue weighted by Crippen LogP contribution is 2.31. The van der Waals surface area contributed by atoms with Gasteiger partial charge < -0.3 is 14.5 Å². The Kier molecular flexibility index (Phi) is 5.29. The Bertz CT molecular complexity index is 1020. The Morgan fingerprint density at radius 3 is 2.80 bits per heavy atom.